The van der Waals surface area contributed by atoms with E-state index in [0.29, 0.717) is 45.2 Å². The van der Waals surface area contributed by atoms with Gasteiger partial charge in [0.05, 0.1) is 37.1 Å². The Bertz CT molecular complexity index is 1280. The zero-order valence-corrected chi connectivity index (χ0v) is 17.4. The number of carbonyl (C=O) groups is 1. The van der Waals surface area contributed by atoms with Gasteiger partial charge in [0, 0.05) is 28.8 Å². The van der Waals surface area contributed by atoms with E-state index >= 15 is 0 Å². The van der Waals surface area contributed by atoms with Gasteiger partial charge >= 0.3 is 0 Å². The molecule has 0 aliphatic rings. The monoisotopic (exact) mass is 418 g/mol. The lowest BCUT2D eigenvalue weighted by molar-refractivity contribution is 0.100. The van der Waals surface area contributed by atoms with E-state index < -0.39 is 12.0 Å². The highest BCUT2D eigenvalue weighted by molar-refractivity contribution is 5.99. The Balaban J connectivity index is 1.95. The molecule has 158 valence electrons. The molecule has 0 unspecified atom stereocenters. The van der Waals surface area contributed by atoms with Gasteiger partial charge in [-0.15, -0.1) is 0 Å². The largest absolute Gasteiger partial charge is 0.493 e. The van der Waals surface area contributed by atoms with E-state index in [-0.39, 0.29) is 0 Å². The number of nitrogens with two attached hydrogens (primary N) is 1. The molecule has 1 amide bonds. The highest BCUT2D eigenvalue weighted by atomic mass is 16.5. The average molecular weight is 418 g/mol. The van der Waals surface area contributed by atoms with Crippen LogP contribution in [0.4, 0.5) is 0 Å². The van der Waals surface area contributed by atoms with Gasteiger partial charge in [-0.25, -0.2) is 9.97 Å². The highest BCUT2D eigenvalue weighted by Crippen LogP contribution is 2.34. The van der Waals surface area contributed by atoms with Crippen molar-refractivity contribution in [3.8, 4) is 28.6 Å². The standard InChI is InChI=1S/C23H22N4O4/c1-13(28)14-8-9-21(26-22(14)15-6-4-5-7-16(15)23(24)29)27-12-25-17-10-19(30-2)20(31-3)11-18(17)27/h4-13,28H,1-3H3,(H2,24,29)/t13-/m0/s1. The summed E-state index contributed by atoms with van der Waals surface area (Å²) in [4.78, 5) is 21.2. The summed E-state index contributed by atoms with van der Waals surface area (Å²) in [6, 6.07) is 14.1. The number of aliphatic hydroxyl groups excluding tert-OH is 1. The molecule has 0 saturated heterocycles. The maximum atomic E-state index is 12.0. The minimum absolute atomic E-state index is 0.330. The van der Waals surface area contributed by atoms with Gasteiger partial charge < -0.3 is 20.3 Å². The first-order chi connectivity index (χ1) is 14.9. The second kappa shape index (κ2) is 8.08. The molecule has 8 nitrogen and oxygen atoms in total. The molecule has 0 aliphatic heterocycles. The zero-order valence-electron chi connectivity index (χ0n) is 17.4. The Hall–Kier alpha value is -3.91. The highest BCUT2D eigenvalue weighted by Gasteiger charge is 2.19. The van der Waals surface area contributed by atoms with E-state index in [9.17, 15) is 9.90 Å². The first kappa shape index (κ1) is 20.4. The summed E-state index contributed by atoms with van der Waals surface area (Å²) in [5.41, 5.74) is 8.99. The lowest BCUT2D eigenvalue weighted by Gasteiger charge is -2.16. The maximum absolute atomic E-state index is 12.0. The van der Waals surface area contributed by atoms with Crippen molar-refractivity contribution in [2.75, 3.05) is 14.2 Å². The topological polar surface area (TPSA) is 112 Å². The summed E-state index contributed by atoms with van der Waals surface area (Å²) in [5.74, 6) is 1.14. The summed E-state index contributed by atoms with van der Waals surface area (Å²) in [7, 11) is 3.14. The van der Waals surface area contributed by atoms with Crippen molar-refractivity contribution in [2.45, 2.75) is 13.0 Å². The lowest BCUT2D eigenvalue weighted by atomic mass is 9.97. The summed E-state index contributed by atoms with van der Waals surface area (Å²) in [5, 5.41) is 10.3. The number of imidazole rings is 1. The number of hydrogen-bond donors (Lipinski definition) is 2. The summed E-state index contributed by atoms with van der Waals surface area (Å²) in [6.07, 6.45) is 0.860. The quantitative estimate of drug-likeness (QED) is 0.497. The van der Waals surface area contributed by atoms with Crippen molar-refractivity contribution in [3.05, 3.63) is 66.0 Å². The van der Waals surface area contributed by atoms with Crippen LogP contribution in [0.15, 0.2) is 54.9 Å². The second-order valence-electron chi connectivity index (χ2n) is 7.00. The molecule has 8 heteroatoms. The number of amides is 1. The molecule has 31 heavy (non-hydrogen) atoms. The third kappa shape index (κ3) is 3.57. The van der Waals surface area contributed by atoms with E-state index in [1.54, 1.807) is 74.5 Å². The van der Waals surface area contributed by atoms with Crippen molar-refractivity contribution < 1.29 is 19.4 Å². The van der Waals surface area contributed by atoms with Gasteiger partial charge in [0.2, 0.25) is 5.91 Å². The predicted molar refractivity (Wildman–Crippen MR) is 117 cm³/mol. The third-order valence-corrected chi connectivity index (χ3v) is 5.11. The number of nitrogens with zero attached hydrogens (tertiary/aromatic N) is 3. The molecule has 0 saturated carbocycles. The second-order valence-corrected chi connectivity index (χ2v) is 7.00. The van der Waals surface area contributed by atoms with Crippen molar-refractivity contribution >= 4 is 16.9 Å². The first-order valence-electron chi connectivity index (χ1n) is 9.62. The normalized spacial score (nSPS) is 12.0. The number of pyridine rings is 1. The lowest BCUT2D eigenvalue weighted by Crippen LogP contribution is -2.13. The molecule has 0 radical (unpaired) electrons. The van der Waals surface area contributed by atoms with Crippen LogP contribution in [-0.4, -0.2) is 39.8 Å². The van der Waals surface area contributed by atoms with E-state index in [2.05, 4.69) is 4.98 Å². The molecule has 0 fully saturated rings. The first-order valence-corrected chi connectivity index (χ1v) is 9.62. The van der Waals surface area contributed by atoms with Crippen LogP contribution in [0.25, 0.3) is 28.1 Å². The van der Waals surface area contributed by atoms with Crippen LogP contribution in [0.3, 0.4) is 0 Å². The number of primary amides is 1. The van der Waals surface area contributed by atoms with Crippen LogP contribution >= 0.6 is 0 Å². The molecule has 0 bridgehead atoms. The SMILES string of the molecule is COc1cc2ncn(-c3ccc([C@H](C)O)c(-c4ccccc4C(N)=O)n3)c2cc1OC. The molecule has 4 rings (SSSR count). The number of aromatic nitrogens is 3. The Morgan fingerprint density at radius 2 is 1.81 bits per heavy atom. The number of ether oxygens (including phenoxy) is 2. The average Bonchev–Trinajstić information content (AvgIpc) is 3.20. The smallest absolute Gasteiger partial charge is 0.249 e. The van der Waals surface area contributed by atoms with Crippen molar-refractivity contribution in [2.24, 2.45) is 5.73 Å². The Labute approximate surface area is 178 Å². The third-order valence-electron chi connectivity index (χ3n) is 5.11. The number of fused-ring (bicyclic) bond motifs is 1. The van der Waals surface area contributed by atoms with Crippen LogP contribution in [0.5, 0.6) is 11.5 Å². The molecule has 4 aromatic rings. The van der Waals surface area contributed by atoms with Gasteiger partial charge in [-0.05, 0) is 19.1 Å². The van der Waals surface area contributed by atoms with E-state index in [0.717, 1.165) is 5.52 Å². The van der Waals surface area contributed by atoms with E-state index in [1.807, 2.05) is 6.07 Å². The molecule has 0 spiro atoms. The number of methoxy groups -OCH3 is 2. The maximum Gasteiger partial charge on any atom is 0.249 e. The van der Waals surface area contributed by atoms with Gasteiger partial charge in [0.1, 0.15) is 12.1 Å². The number of hydrogen-bond acceptors (Lipinski definition) is 6. The van der Waals surface area contributed by atoms with Crippen LogP contribution in [-0.2, 0) is 0 Å². The fourth-order valence-corrected chi connectivity index (χ4v) is 3.57. The van der Waals surface area contributed by atoms with Crippen LogP contribution in [0.2, 0.25) is 0 Å². The summed E-state index contributed by atoms with van der Waals surface area (Å²) < 4.78 is 12.6. The summed E-state index contributed by atoms with van der Waals surface area (Å²) >= 11 is 0. The minimum Gasteiger partial charge on any atom is -0.493 e. The van der Waals surface area contributed by atoms with Gasteiger partial charge in [-0.1, -0.05) is 24.3 Å². The predicted octanol–water partition coefficient (Wildman–Crippen LogP) is 3.26. The Morgan fingerprint density at radius 3 is 2.48 bits per heavy atom. The summed E-state index contributed by atoms with van der Waals surface area (Å²) in [6.45, 7) is 1.65. The number of benzene rings is 2. The molecular formula is C23H22N4O4. The number of aliphatic hydroxyl groups is 1. The number of rotatable bonds is 6. The molecule has 2 heterocycles. The van der Waals surface area contributed by atoms with Crippen LogP contribution in [0, 0.1) is 0 Å². The number of carbonyl (C=O) groups excluding carboxylic acids is 1. The molecule has 3 N–H and O–H groups in total. The van der Waals surface area contributed by atoms with Gasteiger partial charge in [-0.3, -0.25) is 9.36 Å². The van der Waals surface area contributed by atoms with Crippen molar-refractivity contribution in [1.29, 1.82) is 0 Å². The minimum atomic E-state index is -0.790. The van der Waals surface area contributed by atoms with E-state index in [4.69, 9.17) is 20.2 Å². The molecule has 2 aromatic heterocycles. The molecular weight excluding hydrogens is 396 g/mol. The van der Waals surface area contributed by atoms with Crippen LogP contribution < -0.4 is 15.2 Å². The van der Waals surface area contributed by atoms with Crippen molar-refractivity contribution in [1.82, 2.24) is 14.5 Å². The molecule has 2 aromatic carbocycles. The Kier molecular flexibility index (Phi) is 5.31. The Morgan fingerprint density at radius 1 is 1.10 bits per heavy atom. The van der Waals surface area contributed by atoms with Crippen molar-refractivity contribution in [3.63, 3.8) is 0 Å². The van der Waals surface area contributed by atoms with Crippen LogP contribution in [0.1, 0.15) is 28.9 Å². The van der Waals surface area contributed by atoms with E-state index in [1.165, 1.54) is 0 Å². The van der Waals surface area contributed by atoms with Gasteiger partial charge in [-0.2, -0.15) is 0 Å². The van der Waals surface area contributed by atoms with Gasteiger partial charge in [0.15, 0.2) is 11.5 Å². The zero-order chi connectivity index (χ0) is 22.1. The van der Waals surface area contributed by atoms with Gasteiger partial charge in [0.25, 0.3) is 0 Å². The fourth-order valence-electron chi connectivity index (χ4n) is 3.57. The molecule has 0 aliphatic carbocycles. The fraction of sp³-hybridized carbons (Fsp3) is 0.174. The molecule has 1 atom stereocenters.